The smallest absolute Gasteiger partial charge is 0.244 e. The summed E-state index contributed by atoms with van der Waals surface area (Å²) in [5, 5.41) is 0. The Morgan fingerprint density at radius 1 is 1.29 bits per heavy atom. The molecular weight excluding hydrogens is 352 g/mol. The summed E-state index contributed by atoms with van der Waals surface area (Å²) in [4.78, 5) is 0.269. The van der Waals surface area contributed by atoms with Gasteiger partial charge in [0.2, 0.25) is 10.0 Å². The van der Waals surface area contributed by atoms with Gasteiger partial charge in [0.1, 0.15) is 0 Å². The molecule has 4 nitrogen and oxygen atoms in total. The van der Waals surface area contributed by atoms with E-state index in [4.69, 9.17) is 5.73 Å². The van der Waals surface area contributed by atoms with Gasteiger partial charge in [-0.3, -0.25) is 0 Å². The Hall–Kier alpha value is -0.590. The van der Waals surface area contributed by atoms with Gasteiger partial charge >= 0.3 is 0 Å². The number of nitrogen functional groups attached to an aromatic ring is 1. The van der Waals surface area contributed by atoms with Gasteiger partial charge in [-0.15, -0.1) is 0 Å². The van der Waals surface area contributed by atoms with E-state index >= 15 is 0 Å². The van der Waals surface area contributed by atoms with Crippen LogP contribution in [0.3, 0.4) is 0 Å². The molecule has 0 aromatic heterocycles. The second-order valence-corrected chi connectivity index (χ2v) is 8.79. The minimum absolute atomic E-state index is 0.269. The van der Waals surface area contributed by atoms with E-state index in [0.29, 0.717) is 35.1 Å². The van der Waals surface area contributed by atoms with E-state index in [2.05, 4.69) is 29.8 Å². The molecule has 1 aliphatic heterocycles. The summed E-state index contributed by atoms with van der Waals surface area (Å²) < 4.78 is 27.8. The van der Waals surface area contributed by atoms with Crippen molar-refractivity contribution < 1.29 is 8.42 Å². The van der Waals surface area contributed by atoms with Gasteiger partial charge in [-0.2, -0.15) is 4.31 Å². The first-order chi connectivity index (χ1) is 9.82. The normalized spacial score (nSPS) is 21.4. The lowest BCUT2D eigenvalue weighted by Gasteiger charge is -2.22. The molecule has 0 spiro atoms. The van der Waals surface area contributed by atoms with Crippen LogP contribution in [-0.4, -0.2) is 25.8 Å². The van der Waals surface area contributed by atoms with Gasteiger partial charge in [-0.05, 0) is 65.2 Å². The predicted octanol–water partition coefficient (Wildman–Crippen LogP) is 3.48. The van der Waals surface area contributed by atoms with E-state index in [1.54, 1.807) is 16.4 Å². The van der Waals surface area contributed by atoms with Crippen LogP contribution in [-0.2, 0) is 10.0 Å². The Morgan fingerprint density at radius 2 is 2.00 bits per heavy atom. The number of hydrogen-bond acceptors (Lipinski definition) is 3. The van der Waals surface area contributed by atoms with Crippen molar-refractivity contribution in [3.63, 3.8) is 0 Å². The molecule has 2 N–H and O–H groups in total. The average molecular weight is 375 g/mol. The zero-order valence-electron chi connectivity index (χ0n) is 12.5. The summed E-state index contributed by atoms with van der Waals surface area (Å²) in [6, 6.07) is 4.92. The van der Waals surface area contributed by atoms with Crippen LogP contribution in [0.5, 0.6) is 0 Å². The van der Waals surface area contributed by atoms with E-state index in [1.807, 2.05) is 0 Å². The van der Waals surface area contributed by atoms with Gasteiger partial charge in [0, 0.05) is 23.2 Å². The quantitative estimate of drug-likeness (QED) is 0.823. The lowest BCUT2D eigenvalue weighted by molar-refractivity contribution is 0.340. The van der Waals surface area contributed by atoms with E-state index < -0.39 is 10.0 Å². The Balaban J connectivity index is 2.25. The summed E-state index contributed by atoms with van der Waals surface area (Å²) in [5.74, 6) is 1.21. The third-order valence-electron chi connectivity index (χ3n) is 4.25. The molecule has 0 amide bonds. The largest absolute Gasteiger partial charge is 0.399 e. The van der Waals surface area contributed by atoms with Crippen molar-refractivity contribution >= 4 is 31.6 Å². The van der Waals surface area contributed by atoms with Gasteiger partial charge in [0.25, 0.3) is 0 Å². The van der Waals surface area contributed by atoms with Gasteiger partial charge < -0.3 is 5.73 Å². The molecule has 0 radical (unpaired) electrons. The first-order valence-corrected chi connectivity index (χ1v) is 9.61. The van der Waals surface area contributed by atoms with Crippen molar-refractivity contribution in [1.82, 2.24) is 4.31 Å². The topological polar surface area (TPSA) is 63.4 Å². The summed E-state index contributed by atoms with van der Waals surface area (Å²) in [6.07, 6.45) is 2.95. The highest BCUT2D eigenvalue weighted by atomic mass is 79.9. The van der Waals surface area contributed by atoms with E-state index in [9.17, 15) is 8.42 Å². The maximum absolute atomic E-state index is 12.8. The minimum atomic E-state index is -3.48. The standard InChI is InChI=1S/C15H23BrN2O2S/c1-11(2)12-4-3-8-18(9-7-12)21(19,20)15-10-13(17)5-6-14(15)16/h5-6,10-12H,3-4,7-9,17H2,1-2H3. The molecule has 0 bridgehead atoms. The highest BCUT2D eigenvalue weighted by Gasteiger charge is 2.29. The summed E-state index contributed by atoms with van der Waals surface area (Å²) in [6.45, 7) is 5.60. The first-order valence-electron chi connectivity index (χ1n) is 7.37. The van der Waals surface area contributed by atoms with E-state index in [0.717, 1.165) is 19.3 Å². The molecule has 1 atom stereocenters. The number of nitrogens with zero attached hydrogens (tertiary/aromatic N) is 1. The Morgan fingerprint density at radius 3 is 2.67 bits per heavy atom. The van der Waals surface area contributed by atoms with Crippen LogP contribution in [0, 0.1) is 11.8 Å². The molecule has 1 unspecified atom stereocenters. The fourth-order valence-corrected chi connectivity index (χ4v) is 5.31. The number of halogens is 1. The second kappa shape index (κ2) is 6.67. The predicted molar refractivity (Wildman–Crippen MR) is 89.5 cm³/mol. The van der Waals surface area contributed by atoms with Crippen molar-refractivity contribution in [2.75, 3.05) is 18.8 Å². The Kier molecular flexibility index (Phi) is 5.33. The SMILES string of the molecule is CC(C)C1CCCN(S(=O)(=O)c2cc(N)ccc2Br)CC1. The minimum Gasteiger partial charge on any atom is -0.399 e. The summed E-state index contributed by atoms with van der Waals surface area (Å²) >= 11 is 3.33. The van der Waals surface area contributed by atoms with E-state index in [-0.39, 0.29) is 4.90 Å². The summed E-state index contributed by atoms with van der Waals surface area (Å²) in [7, 11) is -3.48. The van der Waals surface area contributed by atoms with Crippen LogP contribution in [0.4, 0.5) is 5.69 Å². The molecule has 0 saturated carbocycles. The zero-order chi connectivity index (χ0) is 15.6. The molecule has 1 aliphatic rings. The Labute approximate surface area is 135 Å². The number of sulfonamides is 1. The van der Waals surface area contributed by atoms with Gasteiger partial charge in [-0.25, -0.2) is 8.42 Å². The molecule has 118 valence electrons. The molecular formula is C15H23BrN2O2S. The molecule has 1 heterocycles. The number of benzene rings is 1. The number of hydrogen-bond donors (Lipinski definition) is 1. The van der Waals surface area contributed by atoms with Crippen LogP contribution in [0.2, 0.25) is 0 Å². The summed E-state index contributed by atoms with van der Waals surface area (Å²) in [5.41, 5.74) is 6.21. The molecule has 6 heteroatoms. The fourth-order valence-electron chi connectivity index (χ4n) is 2.86. The number of anilines is 1. The van der Waals surface area contributed by atoms with Crippen LogP contribution in [0.15, 0.2) is 27.6 Å². The maximum Gasteiger partial charge on any atom is 0.244 e. The molecule has 1 fully saturated rings. The molecule has 1 saturated heterocycles. The maximum atomic E-state index is 12.8. The molecule has 21 heavy (non-hydrogen) atoms. The molecule has 0 aliphatic carbocycles. The third kappa shape index (κ3) is 3.79. The van der Waals surface area contributed by atoms with Gasteiger partial charge in [0.05, 0.1) is 4.90 Å². The molecule has 1 aromatic carbocycles. The van der Waals surface area contributed by atoms with Crippen molar-refractivity contribution in [3.8, 4) is 0 Å². The van der Waals surface area contributed by atoms with Crippen molar-refractivity contribution in [3.05, 3.63) is 22.7 Å². The first kappa shape index (κ1) is 16.8. The van der Waals surface area contributed by atoms with Crippen LogP contribution < -0.4 is 5.73 Å². The van der Waals surface area contributed by atoms with Crippen LogP contribution in [0.1, 0.15) is 33.1 Å². The van der Waals surface area contributed by atoms with E-state index in [1.165, 1.54) is 6.07 Å². The highest BCUT2D eigenvalue weighted by molar-refractivity contribution is 9.10. The lowest BCUT2D eigenvalue weighted by Crippen LogP contribution is -2.32. The lowest BCUT2D eigenvalue weighted by atomic mass is 9.89. The average Bonchev–Trinajstić information content (AvgIpc) is 2.67. The zero-order valence-corrected chi connectivity index (χ0v) is 15.0. The van der Waals surface area contributed by atoms with Crippen molar-refractivity contribution in [1.29, 1.82) is 0 Å². The molecule has 2 rings (SSSR count). The number of nitrogens with two attached hydrogens (primary N) is 1. The Bertz CT molecular complexity index is 602. The second-order valence-electron chi connectivity index (χ2n) is 6.03. The molecule has 1 aromatic rings. The number of rotatable bonds is 3. The van der Waals surface area contributed by atoms with Crippen molar-refractivity contribution in [2.45, 2.75) is 38.0 Å². The van der Waals surface area contributed by atoms with Crippen molar-refractivity contribution in [2.24, 2.45) is 11.8 Å². The third-order valence-corrected chi connectivity index (χ3v) is 7.14. The monoisotopic (exact) mass is 374 g/mol. The van der Waals surface area contributed by atoms with Crippen LogP contribution in [0.25, 0.3) is 0 Å². The fraction of sp³-hybridized carbons (Fsp3) is 0.600. The highest BCUT2D eigenvalue weighted by Crippen LogP contribution is 2.31. The van der Waals surface area contributed by atoms with Crippen LogP contribution >= 0.6 is 15.9 Å². The van der Waals surface area contributed by atoms with Gasteiger partial charge in [0.15, 0.2) is 0 Å². The van der Waals surface area contributed by atoms with Gasteiger partial charge in [-0.1, -0.05) is 13.8 Å².